The fourth-order valence-corrected chi connectivity index (χ4v) is 7.04. The molecule has 1 unspecified atom stereocenters. The molecule has 0 aliphatic carbocycles. The van der Waals surface area contributed by atoms with Crippen LogP contribution in [0.2, 0.25) is 0 Å². The van der Waals surface area contributed by atoms with Crippen molar-refractivity contribution in [1.82, 2.24) is 19.5 Å². The van der Waals surface area contributed by atoms with E-state index in [1.165, 1.54) is 10.9 Å². The van der Waals surface area contributed by atoms with Crippen molar-refractivity contribution in [2.45, 2.75) is 35.1 Å². The number of imidazole rings is 1. The molecule has 1 saturated heterocycles. The summed E-state index contributed by atoms with van der Waals surface area (Å²) < 4.78 is 76.4. The molecule has 0 spiro atoms. The van der Waals surface area contributed by atoms with E-state index in [0.29, 0.717) is 0 Å². The van der Waals surface area contributed by atoms with E-state index in [-0.39, 0.29) is 22.1 Å². The number of halogens is 2. The number of thioether (sulfide) groups is 1. The molecule has 0 aromatic carbocycles. The van der Waals surface area contributed by atoms with Gasteiger partial charge in [0.05, 0.1) is 12.9 Å². The van der Waals surface area contributed by atoms with Crippen molar-refractivity contribution in [3.63, 3.8) is 0 Å². The molecule has 0 saturated carbocycles. The van der Waals surface area contributed by atoms with Gasteiger partial charge in [0.15, 0.2) is 22.8 Å². The lowest BCUT2D eigenvalue weighted by atomic mass is 10.1. The molecule has 2 aromatic rings. The highest BCUT2D eigenvalue weighted by atomic mass is 32.2. The summed E-state index contributed by atoms with van der Waals surface area (Å²) in [5.74, 6) is 0.0211. The minimum absolute atomic E-state index is 0.0211. The largest absolute Gasteiger partial charge is 0.444 e. The molecule has 6 atom stereocenters. The normalized spacial score (nSPS) is 27.1. The monoisotopic (exact) mass is 581 g/mol. The number of hydrogen-bond acceptors (Lipinski definition) is 13. The van der Waals surface area contributed by atoms with Crippen molar-refractivity contribution in [3.05, 3.63) is 6.33 Å². The Morgan fingerprint density at radius 1 is 1.26 bits per heavy atom. The van der Waals surface area contributed by atoms with E-state index in [2.05, 4.69) is 23.8 Å². The number of alkyl halides is 2. The lowest BCUT2D eigenvalue weighted by Crippen LogP contribution is -2.33. The Bertz CT molecular complexity index is 1270. The van der Waals surface area contributed by atoms with E-state index in [9.17, 15) is 37.6 Å². The number of rotatable bonds is 9. The highest BCUT2D eigenvalue weighted by Crippen LogP contribution is 2.77. The number of aliphatic hydroxyl groups is 2. The van der Waals surface area contributed by atoms with Crippen LogP contribution in [0.15, 0.2) is 11.5 Å². The van der Waals surface area contributed by atoms with Gasteiger partial charge in [0.2, 0.25) is 7.57 Å². The Hall–Kier alpha value is -1.01. The molecule has 35 heavy (non-hydrogen) atoms. The van der Waals surface area contributed by atoms with Crippen LogP contribution in [0.4, 0.5) is 14.6 Å². The van der Waals surface area contributed by atoms with Crippen molar-refractivity contribution in [2.24, 2.45) is 0 Å². The van der Waals surface area contributed by atoms with Gasteiger partial charge in [-0.15, -0.1) is 0 Å². The zero-order valence-corrected chi connectivity index (χ0v) is 20.7. The van der Waals surface area contributed by atoms with Gasteiger partial charge >= 0.3 is 20.6 Å². The van der Waals surface area contributed by atoms with Crippen LogP contribution >= 0.6 is 34.4 Å². The van der Waals surface area contributed by atoms with Crippen LogP contribution in [0.1, 0.15) is 6.23 Å². The van der Waals surface area contributed by atoms with E-state index in [0.717, 1.165) is 11.8 Å². The molecular weight excluding hydrogens is 564 g/mol. The van der Waals surface area contributed by atoms with Gasteiger partial charge in [0.1, 0.15) is 23.8 Å². The number of aliphatic hydroxyl groups excluding tert-OH is 2. The number of ether oxygens (including phenoxy) is 1. The molecule has 3 rings (SSSR count). The maximum atomic E-state index is 13.6. The van der Waals surface area contributed by atoms with Crippen LogP contribution in [0.3, 0.4) is 0 Å². The summed E-state index contributed by atoms with van der Waals surface area (Å²) in [4.78, 5) is 38.6. The van der Waals surface area contributed by atoms with Crippen molar-refractivity contribution < 1.29 is 60.9 Å². The average molecular weight is 581 g/mol. The van der Waals surface area contributed by atoms with Gasteiger partial charge in [-0.2, -0.15) is 8.78 Å². The van der Waals surface area contributed by atoms with Crippen molar-refractivity contribution in [1.29, 1.82) is 0 Å². The van der Waals surface area contributed by atoms with E-state index in [1.54, 1.807) is 6.26 Å². The summed E-state index contributed by atoms with van der Waals surface area (Å²) >= 11 is 1.15. The quantitative estimate of drug-likeness (QED) is 0.0985. The first-order chi connectivity index (χ1) is 15.9. The fourth-order valence-electron chi connectivity index (χ4n) is 2.86. The predicted molar refractivity (Wildman–Crippen MR) is 115 cm³/mol. The SMILES string of the molecule is [B][P@@](=O)(OC[C@H]1O[C@@H](n2cnc3c(N)nc(SC)nc32)[C@H](O)[C@@H]1O)OP(=O)(O)C(F)(F)P(=O)(O)O. The minimum Gasteiger partial charge on any atom is -0.387 e. The Morgan fingerprint density at radius 3 is 2.46 bits per heavy atom. The number of nitrogens with two attached hydrogens (primary N) is 1. The summed E-state index contributed by atoms with van der Waals surface area (Å²) in [5, 5.41) is 15.3. The van der Waals surface area contributed by atoms with Gasteiger partial charge in [0, 0.05) is 0 Å². The second-order valence-corrected chi connectivity index (χ2v) is 13.3. The van der Waals surface area contributed by atoms with E-state index >= 15 is 0 Å². The molecule has 7 N–H and O–H groups in total. The molecule has 16 nitrogen and oxygen atoms in total. The molecule has 194 valence electrons. The Labute approximate surface area is 199 Å². The minimum atomic E-state index is -6.62. The molecule has 3 heterocycles. The lowest BCUT2D eigenvalue weighted by Gasteiger charge is -2.26. The standard InChI is InChI=1S/C12H17BF2N5O11P3S/c1-35-11-18-8(16)5-9(19-11)20(3-17-5)10-7(22)6(21)4(30-10)2-29-34(13,28)31-33(26,27)12(14,15)32(23,24)25/h3-4,6-7,10,21-22H,2H2,1H3,(H,26,27)(H2,16,18,19)(H2,23,24,25)/t4-,6-,7-,10-,34-/m1/s1. The van der Waals surface area contributed by atoms with E-state index in [4.69, 9.17) is 27.8 Å². The van der Waals surface area contributed by atoms with Crippen LogP contribution in [0, 0.1) is 0 Å². The average Bonchev–Trinajstić information content (AvgIpc) is 3.26. The highest BCUT2D eigenvalue weighted by molar-refractivity contribution is 7.98. The number of anilines is 1. The first-order valence-electron chi connectivity index (χ1n) is 8.98. The lowest BCUT2D eigenvalue weighted by molar-refractivity contribution is -0.0479. The molecule has 0 bridgehead atoms. The Morgan fingerprint density at radius 2 is 1.89 bits per heavy atom. The zero-order valence-electron chi connectivity index (χ0n) is 17.2. The highest BCUT2D eigenvalue weighted by Gasteiger charge is 2.66. The second-order valence-electron chi connectivity index (χ2n) is 6.96. The van der Waals surface area contributed by atoms with Gasteiger partial charge in [-0.1, -0.05) is 11.8 Å². The van der Waals surface area contributed by atoms with Crippen molar-refractivity contribution in [2.75, 3.05) is 18.6 Å². The number of aromatic nitrogens is 4. The first kappa shape index (κ1) is 28.6. The topological polar surface area (TPSA) is 250 Å². The molecule has 1 aliphatic heterocycles. The molecule has 1 aliphatic rings. The predicted octanol–water partition coefficient (Wildman–Crippen LogP) is -0.0272. The maximum absolute atomic E-state index is 13.6. The van der Waals surface area contributed by atoms with E-state index < -0.39 is 59.2 Å². The molecule has 0 amide bonds. The van der Waals surface area contributed by atoms with Crippen LogP contribution in [0.25, 0.3) is 11.2 Å². The molecular formula is C12H17BF2N5O11P3S. The molecule has 1 fully saturated rings. The number of fused-ring (bicyclic) bond motifs is 1. The van der Waals surface area contributed by atoms with Gasteiger partial charge in [-0.3, -0.25) is 18.3 Å². The molecule has 2 aromatic heterocycles. The van der Waals surface area contributed by atoms with Crippen molar-refractivity contribution in [3.8, 4) is 0 Å². The van der Waals surface area contributed by atoms with Gasteiger partial charge in [0.25, 0.3) is 7.47 Å². The van der Waals surface area contributed by atoms with Gasteiger partial charge in [-0.25, -0.2) is 19.3 Å². The van der Waals surface area contributed by atoms with Crippen LogP contribution in [-0.4, -0.2) is 88.6 Å². The summed E-state index contributed by atoms with van der Waals surface area (Å²) in [6.07, 6.45) is -3.49. The molecule has 23 heteroatoms. The number of nitrogen functional groups attached to an aromatic ring is 1. The Kier molecular flexibility index (Phi) is 7.92. The molecule has 2 radical (unpaired) electrons. The summed E-state index contributed by atoms with van der Waals surface area (Å²) in [5.41, 5.74) is 6.09. The summed E-state index contributed by atoms with van der Waals surface area (Å²) in [7, 11) is -13.5. The summed E-state index contributed by atoms with van der Waals surface area (Å²) in [6, 6.07) is 0. The second kappa shape index (κ2) is 9.70. The smallest absolute Gasteiger partial charge is 0.387 e. The number of nitrogens with zero attached hydrogens (tertiary/aromatic N) is 4. The van der Waals surface area contributed by atoms with E-state index in [1.807, 2.05) is 0 Å². The van der Waals surface area contributed by atoms with Crippen LogP contribution < -0.4 is 5.73 Å². The van der Waals surface area contributed by atoms with Crippen molar-refractivity contribution >= 4 is 59.0 Å². The first-order valence-corrected chi connectivity index (χ1v) is 15.0. The van der Waals surface area contributed by atoms with Gasteiger partial charge in [-0.05, 0) is 6.26 Å². The summed E-state index contributed by atoms with van der Waals surface area (Å²) in [6.45, 7) is -1.04. The van der Waals surface area contributed by atoms with Gasteiger partial charge < -0.3 is 39.9 Å². The van der Waals surface area contributed by atoms with Crippen LogP contribution in [0.5, 0.6) is 0 Å². The van der Waals surface area contributed by atoms with Crippen LogP contribution in [-0.2, 0) is 27.3 Å². The third-order valence-corrected chi connectivity index (χ3v) is 10.3. The maximum Gasteiger partial charge on any atom is 0.444 e. The number of hydrogen-bond donors (Lipinski definition) is 6. The Balaban J connectivity index is 1.76. The third-order valence-electron chi connectivity index (χ3n) is 4.56. The fraction of sp³-hybridized carbons (Fsp3) is 0.583. The third kappa shape index (κ3) is 5.49. The zero-order chi connectivity index (χ0) is 26.6.